The molecule has 0 bridgehead atoms. The molecule has 1 fully saturated rings. The number of hydrogen-bond acceptors (Lipinski definition) is 4. The summed E-state index contributed by atoms with van der Waals surface area (Å²) in [7, 11) is 0. The van der Waals surface area contributed by atoms with E-state index in [-0.39, 0.29) is 11.7 Å². The fourth-order valence-corrected chi connectivity index (χ4v) is 4.21. The van der Waals surface area contributed by atoms with Gasteiger partial charge in [0.2, 0.25) is 5.91 Å². The van der Waals surface area contributed by atoms with E-state index in [0.717, 1.165) is 29.4 Å². The first-order chi connectivity index (χ1) is 12.7. The Morgan fingerprint density at radius 1 is 1.15 bits per heavy atom. The molecule has 6 nitrogen and oxygen atoms in total. The summed E-state index contributed by atoms with van der Waals surface area (Å²) in [6.45, 7) is 0. The van der Waals surface area contributed by atoms with E-state index in [2.05, 4.69) is 20.4 Å². The number of amides is 1. The van der Waals surface area contributed by atoms with Crippen LogP contribution in [-0.4, -0.2) is 25.7 Å². The number of anilines is 1. The van der Waals surface area contributed by atoms with Crippen molar-refractivity contribution < 1.29 is 9.18 Å². The monoisotopic (exact) mass is 351 g/mol. The average molecular weight is 351 g/mol. The number of nitrogens with one attached hydrogen (secondary N) is 1. The summed E-state index contributed by atoms with van der Waals surface area (Å²) in [6.07, 6.45) is 9.12. The molecule has 3 heterocycles. The van der Waals surface area contributed by atoms with E-state index in [1.54, 1.807) is 12.3 Å². The minimum atomic E-state index is -0.569. The Balaban J connectivity index is 1.62. The molecule has 0 radical (unpaired) electrons. The van der Waals surface area contributed by atoms with Crippen molar-refractivity contribution >= 4 is 22.6 Å². The van der Waals surface area contributed by atoms with E-state index in [0.29, 0.717) is 17.4 Å². The van der Waals surface area contributed by atoms with E-state index in [1.807, 2.05) is 4.68 Å². The maximum Gasteiger partial charge on any atom is 0.238 e. The summed E-state index contributed by atoms with van der Waals surface area (Å²) < 4.78 is 15.5. The average Bonchev–Trinajstić information content (AvgIpc) is 3.22. The van der Waals surface area contributed by atoms with Crippen molar-refractivity contribution in [3.05, 3.63) is 47.8 Å². The second-order valence-corrected chi connectivity index (χ2v) is 7.03. The van der Waals surface area contributed by atoms with E-state index < -0.39 is 5.92 Å². The van der Waals surface area contributed by atoms with Crippen LogP contribution in [0.15, 0.2) is 30.7 Å². The molecule has 1 amide bonds. The molecule has 2 aromatic heterocycles. The first-order valence-corrected chi connectivity index (χ1v) is 9.01. The number of fused-ring (bicyclic) bond motifs is 2. The maximum absolute atomic E-state index is 13.5. The Hall–Kier alpha value is -2.83. The van der Waals surface area contributed by atoms with Gasteiger partial charge in [0.15, 0.2) is 5.65 Å². The number of carbonyl (C=O) groups excluding carboxylic acids is 1. The summed E-state index contributed by atoms with van der Waals surface area (Å²) in [5.74, 6) is -1.14. The number of aromatic nitrogens is 4. The Morgan fingerprint density at radius 3 is 2.85 bits per heavy atom. The van der Waals surface area contributed by atoms with Crippen LogP contribution in [0.1, 0.15) is 55.3 Å². The van der Waals surface area contributed by atoms with Crippen molar-refractivity contribution in [2.45, 2.75) is 44.1 Å². The van der Waals surface area contributed by atoms with Crippen LogP contribution in [-0.2, 0) is 4.79 Å². The quantitative estimate of drug-likeness (QED) is 0.766. The zero-order valence-electron chi connectivity index (χ0n) is 14.2. The van der Waals surface area contributed by atoms with E-state index >= 15 is 0 Å². The number of hydrogen-bond donors (Lipinski definition) is 1. The minimum Gasteiger partial charge on any atom is -0.325 e. The van der Waals surface area contributed by atoms with Crippen molar-refractivity contribution in [2.24, 2.45) is 0 Å². The molecule has 26 heavy (non-hydrogen) atoms. The predicted octanol–water partition coefficient (Wildman–Crippen LogP) is 3.55. The zero-order chi connectivity index (χ0) is 17.7. The van der Waals surface area contributed by atoms with Gasteiger partial charge in [-0.15, -0.1) is 0 Å². The summed E-state index contributed by atoms with van der Waals surface area (Å²) >= 11 is 0. The van der Waals surface area contributed by atoms with Crippen LogP contribution in [0.25, 0.3) is 11.0 Å². The van der Waals surface area contributed by atoms with Gasteiger partial charge in [0, 0.05) is 5.69 Å². The highest BCUT2D eigenvalue weighted by Gasteiger charge is 2.35. The minimum absolute atomic E-state index is 0.198. The third kappa shape index (κ3) is 2.30. The lowest BCUT2D eigenvalue weighted by molar-refractivity contribution is -0.116. The number of benzene rings is 1. The van der Waals surface area contributed by atoms with Crippen LogP contribution in [0.5, 0.6) is 0 Å². The third-order valence-corrected chi connectivity index (χ3v) is 5.46. The number of nitrogens with zero attached hydrogens (tertiary/aromatic N) is 4. The number of rotatable bonds is 2. The van der Waals surface area contributed by atoms with Crippen molar-refractivity contribution in [3.63, 3.8) is 0 Å². The van der Waals surface area contributed by atoms with Crippen molar-refractivity contribution in [3.8, 4) is 0 Å². The Bertz CT molecular complexity index is 1010. The van der Waals surface area contributed by atoms with E-state index in [4.69, 9.17) is 0 Å². The lowest BCUT2D eigenvalue weighted by Gasteiger charge is -2.22. The molecule has 2 aliphatic rings. The van der Waals surface area contributed by atoms with E-state index in [1.165, 1.54) is 37.7 Å². The highest BCUT2D eigenvalue weighted by Crippen LogP contribution is 2.39. The van der Waals surface area contributed by atoms with Crippen LogP contribution in [0.3, 0.4) is 0 Å². The van der Waals surface area contributed by atoms with Crippen LogP contribution < -0.4 is 5.32 Å². The molecule has 1 aliphatic heterocycles. The van der Waals surface area contributed by atoms with E-state index in [9.17, 15) is 9.18 Å². The van der Waals surface area contributed by atoms with Gasteiger partial charge < -0.3 is 5.32 Å². The molecule has 1 aliphatic carbocycles. The fraction of sp³-hybridized carbons (Fsp3) is 0.368. The summed E-state index contributed by atoms with van der Waals surface area (Å²) in [4.78, 5) is 21.4. The van der Waals surface area contributed by atoms with Gasteiger partial charge in [0.1, 0.15) is 18.1 Å². The normalized spacial score (nSPS) is 20.3. The molecule has 1 N–H and O–H groups in total. The van der Waals surface area contributed by atoms with Gasteiger partial charge in [0.25, 0.3) is 0 Å². The lowest BCUT2D eigenvalue weighted by Crippen LogP contribution is -2.16. The second-order valence-electron chi connectivity index (χ2n) is 7.03. The SMILES string of the molecule is O=C1Nc2cc(F)ccc2C1c1ncnc2c1cnn2C1CCCCC1. The molecule has 7 heteroatoms. The molecule has 0 saturated heterocycles. The third-order valence-electron chi connectivity index (χ3n) is 5.46. The Labute approximate surface area is 149 Å². The van der Waals surface area contributed by atoms with Crippen molar-refractivity contribution in [2.75, 3.05) is 5.32 Å². The van der Waals surface area contributed by atoms with Gasteiger partial charge in [-0.2, -0.15) is 5.10 Å². The highest BCUT2D eigenvalue weighted by molar-refractivity contribution is 6.06. The molecule has 1 aromatic carbocycles. The molecule has 1 atom stereocenters. The van der Waals surface area contributed by atoms with Gasteiger partial charge in [-0.25, -0.2) is 19.0 Å². The molecule has 3 aromatic rings. The van der Waals surface area contributed by atoms with Crippen LogP contribution in [0.2, 0.25) is 0 Å². The van der Waals surface area contributed by atoms with Gasteiger partial charge >= 0.3 is 0 Å². The summed E-state index contributed by atoms with van der Waals surface area (Å²) in [5, 5.41) is 8.11. The standard InChI is InChI=1S/C19H18FN5O/c20-11-6-7-13-15(8-11)24-19(26)16(13)17-14-9-23-25(18(14)22-10-21-17)12-4-2-1-3-5-12/h6-10,12,16H,1-5H2,(H,24,26). The Kier molecular flexibility index (Phi) is 3.48. The maximum atomic E-state index is 13.5. The van der Waals surface area contributed by atoms with Crippen LogP contribution >= 0.6 is 0 Å². The topological polar surface area (TPSA) is 72.7 Å². The molecular formula is C19H18FN5O. The van der Waals surface area contributed by atoms with Crippen molar-refractivity contribution in [1.82, 2.24) is 19.7 Å². The van der Waals surface area contributed by atoms with Crippen LogP contribution in [0.4, 0.5) is 10.1 Å². The van der Waals surface area contributed by atoms with Gasteiger partial charge in [0.05, 0.1) is 23.3 Å². The highest BCUT2D eigenvalue weighted by atomic mass is 19.1. The molecular weight excluding hydrogens is 333 g/mol. The fourth-order valence-electron chi connectivity index (χ4n) is 4.21. The lowest BCUT2D eigenvalue weighted by atomic mass is 9.94. The molecule has 5 rings (SSSR count). The Morgan fingerprint density at radius 2 is 2.00 bits per heavy atom. The first-order valence-electron chi connectivity index (χ1n) is 9.01. The van der Waals surface area contributed by atoms with Gasteiger partial charge in [-0.1, -0.05) is 25.3 Å². The zero-order valence-corrected chi connectivity index (χ0v) is 14.2. The first kappa shape index (κ1) is 15.4. The number of carbonyl (C=O) groups is 1. The van der Waals surface area contributed by atoms with Gasteiger partial charge in [-0.3, -0.25) is 4.79 Å². The second kappa shape index (κ2) is 5.86. The molecule has 0 spiro atoms. The number of halogens is 1. The largest absolute Gasteiger partial charge is 0.325 e. The molecule has 1 saturated carbocycles. The summed E-state index contributed by atoms with van der Waals surface area (Å²) in [5.41, 5.74) is 2.64. The molecule has 132 valence electrons. The van der Waals surface area contributed by atoms with Crippen LogP contribution in [0, 0.1) is 5.82 Å². The smallest absolute Gasteiger partial charge is 0.238 e. The predicted molar refractivity (Wildman–Crippen MR) is 94.3 cm³/mol. The summed E-state index contributed by atoms with van der Waals surface area (Å²) in [6, 6.07) is 4.71. The van der Waals surface area contributed by atoms with Gasteiger partial charge in [-0.05, 0) is 30.5 Å². The molecule has 1 unspecified atom stereocenters. The van der Waals surface area contributed by atoms with Crippen molar-refractivity contribution in [1.29, 1.82) is 0 Å².